The van der Waals surface area contributed by atoms with Crippen LogP contribution in [0.4, 0.5) is 0 Å². The van der Waals surface area contributed by atoms with Gasteiger partial charge >= 0.3 is 17.9 Å². The summed E-state index contributed by atoms with van der Waals surface area (Å²) >= 11 is 0. The summed E-state index contributed by atoms with van der Waals surface area (Å²) in [6.07, 6.45) is 102. The second-order valence-corrected chi connectivity index (χ2v) is 21.6. The van der Waals surface area contributed by atoms with Gasteiger partial charge in [0.25, 0.3) is 0 Å². The molecular weight excluding hydrogens is 1020 g/mol. The Morgan fingerprint density at radius 3 is 0.759 bits per heavy atom. The molecule has 0 heterocycles. The van der Waals surface area contributed by atoms with Crippen molar-refractivity contribution in [2.75, 3.05) is 13.2 Å². The molecule has 466 valence electrons. The van der Waals surface area contributed by atoms with Crippen molar-refractivity contribution in [2.24, 2.45) is 0 Å². The molecule has 6 nitrogen and oxygen atoms in total. The van der Waals surface area contributed by atoms with Crippen molar-refractivity contribution >= 4 is 17.9 Å². The van der Waals surface area contributed by atoms with E-state index in [-0.39, 0.29) is 37.5 Å². The molecule has 6 heteroatoms. The van der Waals surface area contributed by atoms with E-state index in [9.17, 15) is 14.4 Å². The number of hydrogen-bond donors (Lipinski definition) is 0. The summed E-state index contributed by atoms with van der Waals surface area (Å²) in [5.74, 6) is -0.952. The average Bonchev–Trinajstić information content (AvgIpc) is 3.48. The molecule has 0 fully saturated rings. The maximum Gasteiger partial charge on any atom is 0.306 e. The first-order valence-corrected chi connectivity index (χ1v) is 33.6. The van der Waals surface area contributed by atoms with Crippen LogP contribution < -0.4 is 0 Å². The fourth-order valence-corrected chi connectivity index (χ4v) is 8.70. The van der Waals surface area contributed by atoms with E-state index in [2.05, 4.69) is 191 Å². The predicted molar refractivity (Wildman–Crippen MR) is 361 cm³/mol. The van der Waals surface area contributed by atoms with Crippen LogP contribution in [0.25, 0.3) is 0 Å². The number of rotatable bonds is 59. The zero-order valence-corrected chi connectivity index (χ0v) is 53.4. The SMILES string of the molecule is CC/C=C\C/C=C\C/C=C\C/C=C\C/C=C\C/C=C\C/C=C\C/C=C\CCCCCCCCCCCCC(=O)OCC(COC(=O)CCCCCCC/C=C\CCCC)OC(=O)CCCCC/C=C\C/C=C\C/C=C\C/C=C\C/C=C\CC. The monoisotopic (exact) mass is 1140 g/mol. The first-order chi connectivity index (χ1) is 41.0. The summed E-state index contributed by atoms with van der Waals surface area (Å²) < 4.78 is 16.9. The average molecular weight is 1140 g/mol. The van der Waals surface area contributed by atoms with Gasteiger partial charge in [-0.3, -0.25) is 14.4 Å². The molecule has 0 bridgehead atoms. The number of allylic oxidation sites excluding steroid dienone is 28. The minimum Gasteiger partial charge on any atom is -0.462 e. The highest BCUT2D eigenvalue weighted by atomic mass is 16.6. The van der Waals surface area contributed by atoms with Gasteiger partial charge in [-0.2, -0.15) is 0 Å². The number of carbonyl (C=O) groups excluding carboxylic acids is 3. The summed E-state index contributed by atoms with van der Waals surface area (Å²) in [7, 11) is 0. The lowest BCUT2D eigenvalue weighted by molar-refractivity contribution is -0.167. The molecule has 0 amide bonds. The molecule has 0 aliphatic rings. The summed E-state index contributed by atoms with van der Waals surface area (Å²) in [6.45, 7) is 6.33. The fraction of sp³-hybridized carbons (Fsp3) is 0.597. The third kappa shape index (κ3) is 67.4. The number of esters is 3. The molecule has 0 N–H and O–H groups in total. The fourth-order valence-electron chi connectivity index (χ4n) is 8.70. The zero-order valence-electron chi connectivity index (χ0n) is 53.4. The molecule has 0 aromatic rings. The maximum absolute atomic E-state index is 12.9. The Balaban J connectivity index is 4.28. The Morgan fingerprint density at radius 2 is 0.470 bits per heavy atom. The van der Waals surface area contributed by atoms with Crippen LogP contribution in [-0.2, 0) is 28.6 Å². The summed E-state index contributed by atoms with van der Waals surface area (Å²) in [4.78, 5) is 38.3. The Morgan fingerprint density at radius 1 is 0.253 bits per heavy atom. The Hall–Kier alpha value is -5.23. The van der Waals surface area contributed by atoms with E-state index >= 15 is 0 Å². The molecule has 0 spiro atoms. The van der Waals surface area contributed by atoms with Gasteiger partial charge in [0, 0.05) is 19.3 Å². The largest absolute Gasteiger partial charge is 0.462 e. The van der Waals surface area contributed by atoms with Crippen molar-refractivity contribution in [3.8, 4) is 0 Å². The van der Waals surface area contributed by atoms with Gasteiger partial charge in [-0.1, -0.05) is 281 Å². The summed E-state index contributed by atoms with van der Waals surface area (Å²) in [6, 6.07) is 0. The van der Waals surface area contributed by atoms with Gasteiger partial charge in [0.2, 0.25) is 0 Å². The quantitative estimate of drug-likeness (QED) is 0.0261. The Labute approximate surface area is 511 Å². The molecule has 0 aromatic carbocycles. The molecule has 0 saturated heterocycles. The first-order valence-electron chi connectivity index (χ1n) is 33.6. The van der Waals surface area contributed by atoms with E-state index in [1.54, 1.807) is 0 Å². The highest BCUT2D eigenvalue weighted by molar-refractivity contribution is 5.71. The van der Waals surface area contributed by atoms with E-state index < -0.39 is 6.10 Å². The van der Waals surface area contributed by atoms with Crippen LogP contribution in [0, 0.1) is 0 Å². The van der Waals surface area contributed by atoms with Gasteiger partial charge < -0.3 is 14.2 Å². The molecule has 0 aliphatic carbocycles. The van der Waals surface area contributed by atoms with E-state index in [1.165, 1.54) is 70.6 Å². The molecule has 0 radical (unpaired) electrons. The van der Waals surface area contributed by atoms with Gasteiger partial charge in [0.15, 0.2) is 6.10 Å². The number of carbonyl (C=O) groups is 3. The van der Waals surface area contributed by atoms with E-state index in [0.717, 1.165) is 167 Å². The second kappa shape index (κ2) is 69.3. The van der Waals surface area contributed by atoms with E-state index in [0.29, 0.717) is 12.8 Å². The van der Waals surface area contributed by atoms with Gasteiger partial charge in [0.05, 0.1) is 0 Å². The summed E-state index contributed by atoms with van der Waals surface area (Å²) in [5.41, 5.74) is 0. The van der Waals surface area contributed by atoms with Crippen LogP contribution in [0.5, 0.6) is 0 Å². The lowest BCUT2D eigenvalue weighted by Gasteiger charge is -2.18. The van der Waals surface area contributed by atoms with Crippen LogP contribution in [0.2, 0.25) is 0 Å². The van der Waals surface area contributed by atoms with Gasteiger partial charge in [-0.25, -0.2) is 0 Å². The first kappa shape index (κ1) is 77.8. The third-order valence-electron chi connectivity index (χ3n) is 13.7. The molecule has 1 atom stereocenters. The van der Waals surface area contributed by atoms with Crippen molar-refractivity contribution in [1.82, 2.24) is 0 Å². The molecule has 1 unspecified atom stereocenters. The highest BCUT2D eigenvalue weighted by Gasteiger charge is 2.19. The molecule has 83 heavy (non-hydrogen) atoms. The van der Waals surface area contributed by atoms with Crippen LogP contribution in [0.3, 0.4) is 0 Å². The van der Waals surface area contributed by atoms with Crippen LogP contribution in [0.15, 0.2) is 170 Å². The predicted octanol–water partition coefficient (Wildman–Crippen LogP) is 23.4. The van der Waals surface area contributed by atoms with Crippen LogP contribution >= 0.6 is 0 Å². The Bertz CT molecular complexity index is 1890. The zero-order chi connectivity index (χ0) is 59.9. The van der Waals surface area contributed by atoms with E-state index in [4.69, 9.17) is 14.2 Å². The van der Waals surface area contributed by atoms with Crippen molar-refractivity contribution in [2.45, 2.75) is 284 Å². The van der Waals surface area contributed by atoms with E-state index in [1.807, 2.05) is 0 Å². The van der Waals surface area contributed by atoms with Crippen LogP contribution in [0.1, 0.15) is 278 Å². The molecule has 0 saturated carbocycles. The topological polar surface area (TPSA) is 78.9 Å². The number of unbranched alkanes of at least 4 members (excludes halogenated alkanes) is 20. The normalized spacial score (nSPS) is 13.2. The molecule has 0 aliphatic heterocycles. The molecule has 0 rings (SSSR count). The number of ether oxygens (including phenoxy) is 3. The lowest BCUT2D eigenvalue weighted by atomic mass is 10.1. The highest BCUT2D eigenvalue weighted by Crippen LogP contribution is 2.15. The lowest BCUT2D eigenvalue weighted by Crippen LogP contribution is -2.30. The second-order valence-electron chi connectivity index (χ2n) is 21.6. The standard InChI is InChI=1S/C77H122O6/c1-4-7-10-13-16-19-22-24-26-28-30-31-32-33-34-35-36-37-38-39-40-41-42-43-44-45-47-48-50-52-55-58-61-64-67-70-76(79)82-73-74(72-81-75(78)69-66-63-60-57-54-21-18-15-12-9-6-3)83-77(80)71-68-65-62-59-56-53-51-49-46-29-27-25-23-20-17-14-11-8-5-2/h7-8,10-11,15-20,24-27,30-31,33-34,36-37,39-40,42-43,46,49,53,56,74H,4-6,9,12-14,21-23,28-29,32,35,38,41,44-45,47-48,50-52,54-55,57-73H2,1-3H3/b10-7-,11-8-,18-15-,19-16-,20-17-,26-24-,27-25-,31-30-,34-33-,37-36-,40-39-,43-42-,49-46-,56-53-. The van der Waals surface area contributed by atoms with Gasteiger partial charge in [-0.05, 0) is 148 Å². The van der Waals surface area contributed by atoms with Crippen LogP contribution in [-0.4, -0.2) is 37.2 Å². The summed E-state index contributed by atoms with van der Waals surface area (Å²) in [5, 5.41) is 0. The number of hydrogen-bond acceptors (Lipinski definition) is 6. The molecule has 0 aromatic heterocycles. The third-order valence-corrected chi connectivity index (χ3v) is 13.7. The minimum atomic E-state index is -0.809. The molecular formula is C77H122O6. The maximum atomic E-state index is 12.9. The van der Waals surface area contributed by atoms with Crippen molar-refractivity contribution in [3.05, 3.63) is 170 Å². The van der Waals surface area contributed by atoms with Crippen molar-refractivity contribution < 1.29 is 28.6 Å². The smallest absolute Gasteiger partial charge is 0.306 e. The minimum absolute atomic E-state index is 0.102. The Kier molecular flexibility index (Phi) is 64.9. The van der Waals surface area contributed by atoms with Crippen molar-refractivity contribution in [3.63, 3.8) is 0 Å². The van der Waals surface area contributed by atoms with Crippen molar-refractivity contribution in [1.29, 1.82) is 0 Å². The van der Waals surface area contributed by atoms with Gasteiger partial charge in [0.1, 0.15) is 13.2 Å². The van der Waals surface area contributed by atoms with Gasteiger partial charge in [-0.15, -0.1) is 0 Å².